The summed E-state index contributed by atoms with van der Waals surface area (Å²) in [6.45, 7) is 10.7. The SMILES string of the molecule is C=C1CCCC/C1=C/C=C1\CCCC2(C)C1CCC2C(C)CC1CC(C)(O)C(=O)O1. The van der Waals surface area contributed by atoms with Gasteiger partial charge >= 0.3 is 5.97 Å². The third-order valence-electron chi connectivity index (χ3n) is 8.83. The van der Waals surface area contributed by atoms with Crippen LogP contribution in [-0.2, 0) is 9.53 Å². The Morgan fingerprint density at radius 3 is 2.63 bits per heavy atom. The Bertz CT molecular complexity index is 758. The molecule has 0 aromatic heterocycles. The molecule has 3 aliphatic carbocycles. The summed E-state index contributed by atoms with van der Waals surface area (Å²) in [5.41, 5.74) is 3.51. The summed E-state index contributed by atoms with van der Waals surface area (Å²) in [5.74, 6) is 1.40. The maximum Gasteiger partial charge on any atom is 0.338 e. The molecule has 0 spiro atoms. The van der Waals surface area contributed by atoms with Gasteiger partial charge in [0.05, 0.1) is 0 Å². The largest absolute Gasteiger partial charge is 0.460 e. The van der Waals surface area contributed by atoms with E-state index < -0.39 is 11.6 Å². The van der Waals surface area contributed by atoms with Gasteiger partial charge in [0.25, 0.3) is 0 Å². The predicted molar refractivity (Wildman–Crippen MR) is 121 cm³/mol. The number of fused-ring (bicyclic) bond motifs is 1. The van der Waals surface area contributed by atoms with Gasteiger partial charge in [-0.2, -0.15) is 0 Å². The minimum Gasteiger partial charge on any atom is -0.460 e. The van der Waals surface area contributed by atoms with E-state index in [0.29, 0.717) is 29.6 Å². The smallest absolute Gasteiger partial charge is 0.338 e. The zero-order valence-corrected chi connectivity index (χ0v) is 19.2. The van der Waals surface area contributed by atoms with Crippen LogP contribution in [0, 0.1) is 23.2 Å². The van der Waals surface area contributed by atoms with Crippen LogP contribution in [0.25, 0.3) is 0 Å². The zero-order valence-electron chi connectivity index (χ0n) is 19.2. The van der Waals surface area contributed by atoms with Crippen molar-refractivity contribution in [3.8, 4) is 0 Å². The molecule has 3 heteroatoms. The molecule has 0 amide bonds. The number of hydrogen-bond donors (Lipinski definition) is 1. The standard InChI is InChI=1S/C27H40O3/c1-18-8-5-6-9-20(18)11-12-21-10-7-15-26(3)23(13-14-24(21)26)19(2)16-22-17-27(4,29)25(28)30-22/h11-12,19,22-24,29H,1,5-10,13-17H2,2-4H3/b20-11-,21-12+. The highest BCUT2D eigenvalue weighted by Crippen LogP contribution is 2.60. The molecule has 4 fully saturated rings. The van der Waals surface area contributed by atoms with E-state index in [1.54, 1.807) is 12.5 Å². The number of rotatable bonds is 4. The van der Waals surface area contributed by atoms with E-state index >= 15 is 0 Å². The number of hydrogen-bond acceptors (Lipinski definition) is 3. The second-order valence-electron chi connectivity index (χ2n) is 11.1. The number of cyclic esters (lactones) is 1. The first kappa shape index (κ1) is 21.9. The first-order chi connectivity index (χ1) is 14.2. The zero-order chi connectivity index (χ0) is 21.5. The molecule has 0 bridgehead atoms. The first-order valence-electron chi connectivity index (χ1n) is 12.2. The van der Waals surface area contributed by atoms with Crippen molar-refractivity contribution in [1.29, 1.82) is 0 Å². The second kappa shape index (κ2) is 8.30. The van der Waals surface area contributed by atoms with Crippen LogP contribution >= 0.6 is 0 Å². The molecule has 4 aliphatic rings. The highest BCUT2D eigenvalue weighted by atomic mass is 16.6. The molecule has 3 saturated carbocycles. The summed E-state index contributed by atoms with van der Waals surface area (Å²) in [6.07, 6.45) is 17.3. The fraction of sp³-hybridized carbons (Fsp3) is 0.741. The van der Waals surface area contributed by atoms with E-state index in [2.05, 4.69) is 32.6 Å². The molecular formula is C27H40O3. The van der Waals surface area contributed by atoms with Crippen LogP contribution < -0.4 is 0 Å². The fourth-order valence-corrected chi connectivity index (χ4v) is 7.17. The molecule has 1 N–H and O–H groups in total. The van der Waals surface area contributed by atoms with Crippen molar-refractivity contribution in [3.63, 3.8) is 0 Å². The Balaban J connectivity index is 1.46. The Labute approximate surface area is 182 Å². The highest BCUT2D eigenvalue weighted by Gasteiger charge is 2.52. The number of carbonyl (C=O) groups is 1. The average molecular weight is 413 g/mol. The van der Waals surface area contributed by atoms with Gasteiger partial charge in [-0.3, -0.25) is 0 Å². The van der Waals surface area contributed by atoms with Crippen molar-refractivity contribution in [1.82, 2.24) is 0 Å². The van der Waals surface area contributed by atoms with Gasteiger partial charge in [-0.1, -0.05) is 43.7 Å². The van der Waals surface area contributed by atoms with E-state index in [4.69, 9.17) is 4.74 Å². The fourth-order valence-electron chi connectivity index (χ4n) is 7.17. The monoisotopic (exact) mass is 412 g/mol. The Morgan fingerprint density at radius 1 is 1.17 bits per heavy atom. The van der Waals surface area contributed by atoms with Crippen LogP contribution in [0.2, 0.25) is 0 Å². The number of ether oxygens (including phenoxy) is 1. The third kappa shape index (κ3) is 4.07. The Hall–Kier alpha value is -1.35. The molecule has 1 saturated heterocycles. The molecule has 6 atom stereocenters. The molecule has 1 heterocycles. The van der Waals surface area contributed by atoms with E-state index in [1.807, 2.05) is 0 Å². The molecule has 0 radical (unpaired) electrons. The van der Waals surface area contributed by atoms with Crippen LogP contribution in [0.1, 0.15) is 91.4 Å². The van der Waals surface area contributed by atoms with Crippen LogP contribution in [0.4, 0.5) is 0 Å². The average Bonchev–Trinajstić information content (AvgIpc) is 3.16. The van der Waals surface area contributed by atoms with Crippen LogP contribution in [0.15, 0.2) is 35.5 Å². The molecule has 30 heavy (non-hydrogen) atoms. The minimum atomic E-state index is -1.30. The van der Waals surface area contributed by atoms with Crippen LogP contribution in [0.3, 0.4) is 0 Å². The van der Waals surface area contributed by atoms with E-state index in [1.165, 1.54) is 62.5 Å². The van der Waals surface area contributed by atoms with Gasteiger partial charge in [0.15, 0.2) is 5.60 Å². The summed E-state index contributed by atoms with van der Waals surface area (Å²) in [5, 5.41) is 10.2. The molecule has 6 unspecified atom stereocenters. The molecule has 166 valence electrons. The lowest BCUT2D eigenvalue weighted by molar-refractivity contribution is -0.154. The van der Waals surface area contributed by atoms with E-state index in [9.17, 15) is 9.90 Å². The molecule has 3 nitrogen and oxygen atoms in total. The van der Waals surface area contributed by atoms with Gasteiger partial charge in [-0.05, 0) is 99.9 Å². The van der Waals surface area contributed by atoms with Crippen molar-refractivity contribution >= 4 is 5.97 Å². The summed E-state index contributed by atoms with van der Waals surface area (Å²) >= 11 is 0. The first-order valence-corrected chi connectivity index (χ1v) is 12.2. The van der Waals surface area contributed by atoms with Gasteiger partial charge in [0, 0.05) is 6.42 Å². The maximum absolute atomic E-state index is 11.9. The number of carbonyl (C=O) groups excluding carboxylic acids is 1. The highest BCUT2D eigenvalue weighted by molar-refractivity contribution is 5.80. The number of esters is 1. The molecule has 0 aromatic carbocycles. The van der Waals surface area contributed by atoms with Gasteiger partial charge < -0.3 is 9.84 Å². The lowest BCUT2D eigenvalue weighted by Gasteiger charge is -2.44. The van der Waals surface area contributed by atoms with Gasteiger partial charge in [-0.25, -0.2) is 4.79 Å². The van der Waals surface area contributed by atoms with Crippen molar-refractivity contribution in [2.75, 3.05) is 0 Å². The Morgan fingerprint density at radius 2 is 1.93 bits per heavy atom. The topological polar surface area (TPSA) is 46.5 Å². The predicted octanol–water partition coefficient (Wildman–Crippen LogP) is 6.28. The number of aliphatic hydroxyl groups is 1. The maximum atomic E-state index is 11.9. The number of allylic oxidation sites excluding steroid dienone is 5. The molecule has 4 rings (SSSR count). The van der Waals surface area contributed by atoms with Crippen LogP contribution in [-0.4, -0.2) is 22.8 Å². The third-order valence-corrected chi connectivity index (χ3v) is 8.83. The Kier molecular flexibility index (Phi) is 6.05. The summed E-state index contributed by atoms with van der Waals surface area (Å²) < 4.78 is 5.50. The normalized spacial score (nSPS) is 43.1. The van der Waals surface area contributed by atoms with Gasteiger partial charge in [0.2, 0.25) is 0 Å². The summed E-state index contributed by atoms with van der Waals surface area (Å²) in [6, 6.07) is 0. The lowest BCUT2D eigenvalue weighted by atomic mass is 9.60. The second-order valence-corrected chi connectivity index (χ2v) is 11.1. The van der Waals surface area contributed by atoms with E-state index in [-0.39, 0.29) is 6.10 Å². The van der Waals surface area contributed by atoms with Crippen LogP contribution in [0.5, 0.6) is 0 Å². The summed E-state index contributed by atoms with van der Waals surface area (Å²) in [4.78, 5) is 11.9. The molecule has 0 aromatic rings. The van der Waals surface area contributed by atoms with Crippen molar-refractivity contribution in [2.45, 2.75) is 103 Å². The quantitative estimate of drug-likeness (QED) is 0.553. The van der Waals surface area contributed by atoms with Crippen molar-refractivity contribution in [2.24, 2.45) is 23.2 Å². The van der Waals surface area contributed by atoms with Gasteiger partial charge in [-0.15, -0.1) is 0 Å². The minimum absolute atomic E-state index is 0.134. The van der Waals surface area contributed by atoms with E-state index in [0.717, 1.165) is 12.8 Å². The lowest BCUT2D eigenvalue weighted by Crippen LogP contribution is -2.36. The molecule has 1 aliphatic heterocycles. The van der Waals surface area contributed by atoms with Crippen molar-refractivity contribution in [3.05, 3.63) is 35.5 Å². The molecular weight excluding hydrogens is 372 g/mol. The van der Waals surface area contributed by atoms with Crippen molar-refractivity contribution < 1.29 is 14.6 Å². The summed E-state index contributed by atoms with van der Waals surface area (Å²) in [7, 11) is 0. The van der Waals surface area contributed by atoms with Gasteiger partial charge in [0.1, 0.15) is 6.10 Å².